The van der Waals surface area contributed by atoms with Crippen molar-refractivity contribution in [3.8, 4) is 0 Å². The molecule has 0 heterocycles. The number of aliphatic carboxylic acids is 1. The largest absolute Gasteiger partial charge is 0.481 e. The summed E-state index contributed by atoms with van der Waals surface area (Å²) >= 11 is 0. The number of carboxylic acids is 1. The number of carboxylic acid groups (broad SMARTS) is 1. The molecule has 1 N–H and O–H groups in total. The summed E-state index contributed by atoms with van der Waals surface area (Å²) in [5.41, 5.74) is 0.923. The van der Waals surface area contributed by atoms with Crippen molar-refractivity contribution in [3.63, 3.8) is 0 Å². The van der Waals surface area contributed by atoms with E-state index in [1.165, 1.54) is 0 Å². The van der Waals surface area contributed by atoms with E-state index in [1.807, 2.05) is 44.2 Å². The molecule has 0 aromatic heterocycles. The van der Waals surface area contributed by atoms with Gasteiger partial charge in [-0.1, -0.05) is 44.2 Å². The maximum Gasteiger partial charge on any atom is 0.308 e. The first-order valence-corrected chi connectivity index (χ1v) is 7.09. The number of benzene rings is 1. The number of rotatable bonds is 9. The summed E-state index contributed by atoms with van der Waals surface area (Å²) in [5.74, 6) is -1.33. The van der Waals surface area contributed by atoms with Gasteiger partial charge in [0, 0.05) is 0 Å². The van der Waals surface area contributed by atoms with Crippen LogP contribution in [0, 0.1) is 11.8 Å². The first kappa shape index (κ1) is 17.2. The predicted octanol–water partition coefficient (Wildman–Crippen LogP) is 2.71. The zero-order valence-corrected chi connectivity index (χ0v) is 12.7. The molecule has 1 amide bonds. The van der Waals surface area contributed by atoms with Gasteiger partial charge in [-0.25, -0.2) is 5.06 Å². The highest BCUT2D eigenvalue weighted by atomic mass is 16.7. The number of carbonyl (C=O) groups excluding carboxylic acids is 1. The maximum atomic E-state index is 11.4. The Kier molecular flexibility index (Phi) is 6.88. The van der Waals surface area contributed by atoms with Crippen LogP contribution in [-0.2, 0) is 21.0 Å². The SMILES string of the molecule is CC(C)C[C@@H](C(=O)O)C(C)N(C=O)OCc1ccccc1. The minimum absolute atomic E-state index is 0.233. The molecule has 1 aromatic rings. The van der Waals surface area contributed by atoms with Gasteiger partial charge < -0.3 is 5.11 Å². The van der Waals surface area contributed by atoms with Gasteiger partial charge in [-0.05, 0) is 24.8 Å². The zero-order valence-electron chi connectivity index (χ0n) is 12.7. The highest BCUT2D eigenvalue weighted by Crippen LogP contribution is 2.20. The fraction of sp³-hybridized carbons (Fsp3) is 0.500. The van der Waals surface area contributed by atoms with Crippen LogP contribution in [0.1, 0.15) is 32.8 Å². The molecule has 116 valence electrons. The second kappa shape index (κ2) is 8.42. The van der Waals surface area contributed by atoms with Gasteiger partial charge in [-0.3, -0.25) is 14.4 Å². The lowest BCUT2D eigenvalue weighted by Crippen LogP contribution is -2.41. The quantitative estimate of drug-likeness (QED) is 0.561. The topological polar surface area (TPSA) is 66.8 Å². The van der Waals surface area contributed by atoms with Gasteiger partial charge in [-0.2, -0.15) is 0 Å². The summed E-state index contributed by atoms with van der Waals surface area (Å²) in [6.45, 7) is 5.84. The van der Waals surface area contributed by atoms with E-state index in [4.69, 9.17) is 4.84 Å². The molecule has 0 fully saturated rings. The fourth-order valence-electron chi connectivity index (χ4n) is 2.16. The molecule has 0 radical (unpaired) electrons. The van der Waals surface area contributed by atoms with Crippen molar-refractivity contribution in [2.24, 2.45) is 11.8 Å². The molecule has 0 aliphatic rings. The van der Waals surface area contributed by atoms with E-state index in [0.717, 1.165) is 10.6 Å². The number of amides is 1. The van der Waals surface area contributed by atoms with Gasteiger partial charge >= 0.3 is 5.97 Å². The first-order valence-electron chi connectivity index (χ1n) is 7.09. The summed E-state index contributed by atoms with van der Waals surface area (Å²) < 4.78 is 0. The van der Waals surface area contributed by atoms with Crippen LogP contribution >= 0.6 is 0 Å². The van der Waals surface area contributed by atoms with E-state index in [-0.39, 0.29) is 12.5 Å². The third-order valence-corrected chi connectivity index (χ3v) is 3.35. The number of hydrogen-bond acceptors (Lipinski definition) is 3. The third kappa shape index (κ3) is 5.55. The Morgan fingerprint density at radius 1 is 1.29 bits per heavy atom. The first-order chi connectivity index (χ1) is 9.95. The third-order valence-electron chi connectivity index (χ3n) is 3.35. The van der Waals surface area contributed by atoms with Gasteiger partial charge in [-0.15, -0.1) is 0 Å². The van der Waals surface area contributed by atoms with E-state index in [1.54, 1.807) is 6.92 Å². The van der Waals surface area contributed by atoms with Crippen LogP contribution < -0.4 is 0 Å². The lowest BCUT2D eigenvalue weighted by Gasteiger charge is -2.29. The van der Waals surface area contributed by atoms with Crippen LogP contribution in [-0.4, -0.2) is 28.6 Å². The second-order valence-corrected chi connectivity index (χ2v) is 5.54. The maximum absolute atomic E-state index is 11.4. The Morgan fingerprint density at radius 3 is 2.38 bits per heavy atom. The molecule has 0 bridgehead atoms. The number of carbonyl (C=O) groups is 2. The Morgan fingerprint density at radius 2 is 1.90 bits per heavy atom. The highest BCUT2D eigenvalue weighted by Gasteiger charge is 2.30. The van der Waals surface area contributed by atoms with Crippen LogP contribution in [0.5, 0.6) is 0 Å². The number of hydroxylamine groups is 2. The normalized spacial score (nSPS) is 13.7. The molecular formula is C16H23NO4. The van der Waals surface area contributed by atoms with Crippen molar-refractivity contribution in [2.45, 2.75) is 39.8 Å². The van der Waals surface area contributed by atoms with E-state index in [0.29, 0.717) is 12.8 Å². The highest BCUT2D eigenvalue weighted by molar-refractivity contribution is 5.71. The molecule has 1 unspecified atom stereocenters. The zero-order chi connectivity index (χ0) is 15.8. The molecule has 0 spiro atoms. The van der Waals surface area contributed by atoms with Crippen LogP contribution in [0.4, 0.5) is 0 Å². The predicted molar refractivity (Wildman–Crippen MR) is 79.2 cm³/mol. The Balaban J connectivity index is 2.68. The van der Waals surface area contributed by atoms with Crippen LogP contribution in [0.25, 0.3) is 0 Å². The van der Waals surface area contributed by atoms with Crippen molar-refractivity contribution in [1.82, 2.24) is 5.06 Å². The standard InChI is InChI=1S/C16H23NO4/c1-12(2)9-15(16(19)20)13(3)17(11-18)21-10-14-7-5-4-6-8-14/h4-8,11-13,15H,9-10H2,1-3H3,(H,19,20)/t13?,15-/m1/s1. The number of nitrogens with zero attached hydrogens (tertiary/aromatic N) is 1. The molecule has 2 atom stereocenters. The lowest BCUT2D eigenvalue weighted by molar-refractivity contribution is -0.200. The van der Waals surface area contributed by atoms with E-state index in [2.05, 4.69) is 0 Å². The summed E-state index contributed by atoms with van der Waals surface area (Å²) in [7, 11) is 0. The summed E-state index contributed by atoms with van der Waals surface area (Å²) in [4.78, 5) is 28.0. The van der Waals surface area contributed by atoms with Gasteiger partial charge in [0.25, 0.3) is 0 Å². The molecule has 1 rings (SSSR count). The van der Waals surface area contributed by atoms with Gasteiger partial charge in [0.1, 0.15) is 6.61 Å². The molecule has 0 saturated heterocycles. The van der Waals surface area contributed by atoms with Gasteiger partial charge in [0.15, 0.2) is 0 Å². The van der Waals surface area contributed by atoms with Crippen molar-refractivity contribution in [1.29, 1.82) is 0 Å². The van der Waals surface area contributed by atoms with Crippen LogP contribution in [0.3, 0.4) is 0 Å². The second-order valence-electron chi connectivity index (χ2n) is 5.54. The van der Waals surface area contributed by atoms with Crippen molar-refractivity contribution in [3.05, 3.63) is 35.9 Å². The van der Waals surface area contributed by atoms with Gasteiger partial charge in [0.2, 0.25) is 6.41 Å². The number of hydrogen-bond donors (Lipinski definition) is 1. The van der Waals surface area contributed by atoms with Crippen molar-refractivity contribution in [2.75, 3.05) is 0 Å². The minimum Gasteiger partial charge on any atom is -0.481 e. The molecule has 0 aliphatic heterocycles. The summed E-state index contributed by atoms with van der Waals surface area (Å²) in [6.07, 6.45) is 1.04. The molecule has 5 nitrogen and oxygen atoms in total. The average molecular weight is 293 g/mol. The summed E-state index contributed by atoms with van der Waals surface area (Å²) in [6, 6.07) is 8.91. The minimum atomic E-state index is -0.911. The Hall–Kier alpha value is -1.88. The van der Waals surface area contributed by atoms with E-state index in [9.17, 15) is 14.7 Å². The fourth-order valence-corrected chi connectivity index (χ4v) is 2.16. The van der Waals surface area contributed by atoms with Crippen molar-refractivity contribution >= 4 is 12.4 Å². The van der Waals surface area contributed by atoms with Crippen LogP contribution in [0.2, 0.25) is 0 Å². The lowest BCUT2D eigenvalue weighted by atomic mass is 9.91. The van der Waals surface area contributed by atoms with E-state index < -0.39 is 17.9 Å². The molecule has 21 heavy (non-hydrogen) atoms. The molecule has 0 saturated carbocycles. The van der Waals surface area contributed by atoms with Gasteiger partial charge in [0.05, 0.1) is 12.0 Å². The molecule has 0 aliphatic carbocycles. The summed E-state index contributed by atoms with van der Waals surface area (Å²) in [5, 5.41) is 10.4. The Labute approximate surface area is 125 Å². The average Bonchev–Trinajstić information content (AvgIpc) is 2.45. The Bertz CT molecular complexity index is 447. The van der Waals surface area contributed by atoms with E-state index >= 15 is 0 Å². The molecule has 5 heteroatoms. The molecule has 1 aromatic carbocycles. The smallest absolute Gasteiger partial charge is 0.308 e. The molecular weight excluding hydrogens is 270 g/mol. The van der Waals surface area contributed by atoms with Crippen LogP contribution in [0.15, 0.2) is 30.3 Å². The van der Waals surface area contributed by atoms with Crippen molar-refractivity contribution < 1.29 is 19.5 Å². The monoisotopic (exact) mass is 293 g/mol.